The van der Waals surface area contributed by atoms with E-state index in [0.29, 0.717) is 31.7 Å². The van der Waals surface area contributed by atoms with E-state index in [9.17, 15) is 18.0 Å². The Hall–Kier alpha value is -2.52. The second-order valence-electron chi connectivity index (χ2n) is 8.81. The van der Waals surface area contributed by atoms with Crippen molar-refractivity contribution >= 4 is 33.8 Å². The van der Waals surface area contributed by atoms with Crippen molar-refractivity contribution in [3.05, 3.63) is 42.2 Å². The number of piperidine rings is 1. The van der Waals surface area contributed by atoms with Gasteiger partial charge in [-0.2, -0.15) is 13.2 Å². The van der Waals surface area contributed by atoms with Gasteiger partial charge in [-0.3, -0.25) is 9.78 Å². The van der Waals surface area contributed by atoms with E-state index in [1.807, 2.05) is 35.4 Å². The zero-order valence-electron chi connectivity index (χ0n) is 17.4. The number of thiazole rings is 1. The molecule has 1 saturated heterocycles. The fourth-order valence-corrected chi connectivity index (χ4v) is 5.03. The molecule has 2 aromatic heterocycles. The molecule has 1 amide bonds. The maximum atomic E-state index is 13.2. The van der Waals surface area contributed by atoms with E-state index < -0.39 is 11.6 Å². The number of fused-ring (bicyclic) bond motifs is 1. The molecule has 5 rings (SSSR count). The molecule has 1 aliphatic carbocycles. The molecular formula is C23H23F3N4OS. The highest BCUT2D eigenvalue weighted by atomic mass is 32.1. The van der Waals surface area contributed by atoms with Crippen LogP contribution in [-0.4, -0.2) is 46.6 Å². The molecule has 0 spiro atoms. The fraction of sp³-hybridized carbons (Fsp3) is 0.435. The Bertz CT molecular complexity index is 1120. The summed E-state index contributed by atoms with van der Waals surface area (Å²) in [5, 5.41) is 4.84. The first-order valence-corrected chi connectivity index (χ1v) is 11.6. The van der Waals surface area contributed by atoms with Crippen LogP contribution in [0.3, 0.4) is 0 Å². The summed E-state index contributed by atoms with van der Waals surface area (Å²) in [7, 11) is 0. The van der Waals surface area contributed by atoms with E-state index in [4.69, 9.17) is 0 Å². The number of anilines is 1. The highest BCUT2D eigenvalue weighted by molar-refractivity contribution is 7.13. The number of hydrogen-bond acceptors (Lipinski definition) is 5. The number of rotatable bonds is 5. The lowest BCUT2D eigenvalue weighted by Gasteiger charge is -2.34. The second kappa shape index (κ2) is 8.12. The number of likely N-dealkylation sites (tertiary alicyclic amines) is 1. The molecule has 3 heterocycles. The average molecular weight is 461 g/mol. The van der Waals surface area contributed by atoms with Crippen molar-refractivity contribution in [2.45, 2.75) is 31.9 Å². The number of carbonyl (C=O) groups excluding carboxylic acids is 1. The monoisotopic (exact) mass is 460 g/mol. The van der Waals surface area contributed by atoms with E-state index in [0.717, 1.165) is 21.2 Å². The van der Waals surface area contributed by atoms with E-state index in [1.165, 1.54) is 0 Å². The van der Waals surface area contributed by atoms with Gasteiger partial charge in [-0.1, -0.05) is 12.1 Å². The van der Waals surface area contributed by atoms with Gasteiger partial charge in [0, 0.05) is 30.2 Å². The summed E-state index contributed by atoms with van der Waals surface area (Å²) >= 11 is 1.56. The molecule has 32 heavy (non-hydrogen) atoms. The van der Waals surface area contributed by atoms with E-state index in [2.05, 4.69) is 15.3 Å². The SMILES string of the molecule is O=C(Nc1cc2cc(-c3cncs3)ccc2cn1)C1CCN(CC2(C(F)(F)F)CC2)CC1. The summed E-state index contributed by atoms with van der Waals surface area (Å²) in [6.07, 6.45) is 0.969. The minimum Gasteiger partial charge on any atom is -0.310 e. The number of carbonyl (C=O) groups is 1. The lowest BCUT2D eigenvalue weighted by Crippen LogP contribution is -2.44. The molecular weight excluding hydrogens is 437 g/mol. The zero-order valence-corrected chi connectivity index (χ0v) is 18.2. The van der Waals surface area contributed by atoms with Crippen LogP contribution in [-0.2, 0) is 4.79 Å². The molecule has 0 unspecified atom stereocenters. The third-order valence-corrected chi connectivity index (χ3v) is 7.45. The summed E-state index contributed by atoms with van der Waals surface area (Å²) in [6, 6.07) is 7.92. The molecule has 0 atom stereocenters. The van der Waals surface area contributed by atoms with Crippen molar-refractivity contribution < 1.29 is 18.0 Å². The Balaban J connectivity index is 1.21. The van der Waals surface area contributed by atoms with Crippen LogP contribution in [0.5, 0.6) is 0 Å². The summed E-state index contributed by atoms with van der Waals surface area (Å²) in [5.74, 6) is 0.153. The van der Waals surface area contributed by atoms with Gasteiger partial charge in [0.05, 0.1) is 15.8 Å². The first kappa shape index (κ1) is 21.3. The Kier molecular flexibility index (Phi) is 5.41. The van der Waals surface area contributed by atoms with Gasteiger partial charge < -0.3 is 10.2 Å². The molecule has 1 saturated carbocycles. The second-order valence-corrected chi connectivity index (χ2v) is 9.70. The maximum Gasteiger partial charge on any atom is 0.395 e. The number of nitrogens with one attached hydrogen (secondary N) is 1. The summed E-state index contributed by atoms with van der Waals surface area (Å²) in [5.41, 5.74) is 1.33. The van der Waals surface area contributed by atoms with Crippen LogP contribution in [0.15, 0.2) is 42.2 Å². The molecule has 2 fully saturated rings. The van der Waals surface area contributed by atoms with Gasteiger partial charge in [0.15, 0.2) is 0 Å². The maximum absolute atomic E-state index is 13.2. The van der Waals surface area contributed by atoms with Crippen molar-refractivity contribution in [2.24, 2.45) is 11.3 Å². The molecule has 1 aromatic carbocycles. The third-order valence-electron chi connectivity index (χ3n) is 6.63. The number of halogens is 3. The van der Waals surface area contributed by atoms with Crippen LogP contribution >= 0.6 is 11.3 Å². The van der Waals surface area contributed by atoms with Crippen LogP contribution in [0.2, 0.25) is 0 Å². The molecule has 168 valence electrons. The lowest BCUT2D eigenvalue weighted by atomic mass is 9.94. The minimum atomic E-state index is -4.14. The van der Waals surface area contributed by atoms with Crippen molar-refractivity contribution in [3.63, 3.8) is 0 Å². The first-order chi connectivity index (χ1) is 15.3. The highest BCUT2D eigenvalue weighted by Crippen LogP contribution is 2.58. The lowest BCUT2D eigenvalue weighted by molar-refractivity contribution is -0.192. The van der Waals surface area contributed by atoms with Crippen LogP contribution in [0.4, 0.5) is 19.0 Å². The minimum absolute atomic E-state index is 0.0547. The molecule has 3 aromatic rings. The zero-order chi connectivity index (χ0) is 22.3. The predicted molar refractivity (Wildman–Crippen MR) is 118 cm³/mol. The van der Waals surface area contributed by atoms with Gasteiger partial charge in [0.1, 0.15) is 5.82 Å². The Labute approximate surface area is 187 Å². The van der Waals surface area contributed by atoms with Gasteiger partial charge in [-0.25, -0.2) is 4.98 Å². The van der Waals surface area contributed by atoms with Gasteiger partial charge in [0.2, 0.25) is 5.91 Å². The number of alkyl halides is 3. The largest absolute Gasteiger partial charge is 0.395 e. The Morgan fingerprint density at radius 3 is 2.59 bits per heavy atom. The van der Waals surface area contributed by atoms with E-state index >= 15 is 0 Å². The quantitative estimate of drug-likeness (QED) is 0.558. The molecule has 5 nitrogen and oxygen atoms in total. The average Bonchev–Trinajstić information content (AvgIpc) is 3.36. The molecule has 1 aliphatic heterocycles. The van der Waals surface area contributed by atoms with Crippen LogP contribution in [0.1, 0.15) is 25.7 Å². The van der Waals surface area contributed by atoms with Crippen LogP contribution < -0.4 is 5.32 Å². The van der Waals surface area contributed by atoms with Crippen LogP contribution in [0.25, 0.3) is 21.2 Å². The number of amides is 1. The van der Waals surface area contributed by atoms with E-state index in [1.54, 1.807) is 23.0 Å². The fourth-order valence-electron chi connectivity index (χ4n) is 4.41. The summed E-state index contributed by atoms with van der Waals surface area (Å²) in [4.78, 5) is 24.2. The smallest absolute Gasteiger partial charge is 0.310 e. The van der Waals surface area contributed by atoms with Gasteiger partial charge in [-0.15, -0.1) is 11.3 Å². The molecule has 0 bridgehead atoms. The number of benzene rings is 1. The predicted octanol–water partition coefficient (Wildman–Crippen LogP) is 5.35. The molecule has 1 N–H and O–H groups in total. The molecule has 2 aliphatic rings. The number of nitrogens with zero attached hydrogens (tertiary/aromatic N) is 3. The van der Waals surface area contributed by atoms with E-state index in [-0.39, 0.29) is 31.2 Å². The summed E-state index contributed by atoms with van der Waals surface area (Å²) < 4.78 is 39.6. The number of aromatic nitrogens is 2. The van der Waals surface area contributed by atoms with Crippen molar-refractivity contribution in [1.82, 2.24) is 14.9 Å². The van der Waals surface area contributed by atoms with Gasteiger partial charge in [0.25, 0.3) is 0 Å². The van der Waals surface area contributed by atoms with Gasteiger partial charge in [-0.05, 0) is 61.9 Å². The van der Waals surface area contributed by atoms with Crippen molar-refractivity contribution in [3.8, 4) is 10.4 Å². The molecule has 9 heteroatoms. The highest BCUT2D eigenvalue weighted by Gasteiger charge is 2.63. The summed E-state index contributed by atoms with van der Waals surface area (Å²) in [6.45, 7) is 1.08. The van der Waals surface area contributed by atoms with Crippen molar-refractivity contribution in [1.29, 1.82) is 0 Å². The number of pyridine rings is 1. The standard InChI is InChI=1S/C23H23F3N4OS/c24-23(25,26)22(5-6-22)13-30-7-3-15(4-8-30)21(31)29-20-10-18-9-16(19-12-27-14-32-19)1-2-17(18)11-28-20/h1-2,9-12,14-15H,3-8,13H2,(H,28,29,31). The Morgan fingerprint density at radius 1 is 1.16 bits per heavy atom. The third kappa shape index (κ3) is 4.23. The number of hydrogen-bond donors (Lipinski definition) is 1. The normalized spacial score (nSPS) is 19.2. The van der Waals surface area contributed by atoms with Crippen LogP contribution in [0, 0.1) is 11.3 Å². The first-order valence-electron chi connectivity index (χ1n) is 10.7. The molecule has 0 radical (unpaired) electrons. The topological polar surface area (TPSA) is 58.1 Å². The van der Waals surface area contributed by atoms with Gasteiger partial charge >= 0.3 is 6.18 Å². The van der Waals surface area contributed by atoms with Crippen molar-refractivity contribution in [2.75, 3.05) is 25.0 Å². The Morgan fingerprint density at radius 2 is 1.94 bits per heavy atom.